The van der Waals surface area contributed by atoms with Crippen molar-refractivity contribution in [1.82, 2.24) is 15.1 Å². The van der Waals surface area contributed by atoms with Crippen LogP contribution >= 0.6 is 0 Å². The number of carbonyl (C=O) groups excluding carboxylic acids is 4. The molecule has 0 spiro atoms. The van der Waals surface area contributed by atoms with Gasteiger partial charge in [-0.3, -0.25) is 14.5 Å². The van der Waals surface area contributed by atoms with Gasteiger partial charge in [-0.05, 0) is 39.5 Å². The average molecular weight is 411 g/mol. The first-order chi connectivity index (χ1) is 13.3. The molecule has 0 saturated carbocycles. The second kappa shape index (κ2) is 8.30. The van der Waals surface area contributed by atoms with Crippen LogP contribution in [0.5, 0.6) is 0 Å². The van der Waals surface area contributed by atoms with E-state index in [0.717, 1.165) is 6.29 Å². The van der Waals surface area contributed by atoms with Crippen LogP contribution in [0.15, 0.2) is 0 Å². The Morgan fingerprint density at radius 3 is 2.55 bits per heavy atom. The SMILES string of the molecule is C[C@@H](C(=O)NC1CCO[C@H]2CC(C)(C)[C@@H](C=O)N2C1=O)N(C)C(=O)OC(C)(C)C. The fourth-order valence-electron chi connectivity index (χ4n) is 3.61. The maximum absolute atomic E-state index is 13.1. The molecule has 2 rings (SSSR count). The van der Waals surface area contributed by atoms with Crippen molar-refractivity contribution in [1.29, 1.82) is 0 Å². The molecule has 2 saturated heterocycles. The molecule has 0 bridgehead atoms. The molecule has 2 aliphatic rings. The Balaban J connectivity index is 2.09. The summed E-state index contributed by atoms with van der Waals surface area (Å²) >= 11 is 0. The molecule has 0 radical (unpaired) electrons. The van der Waals surface area contributed by atoms with Gasteiger partial charge in [0.2, 0.25) is 11.8 Å². The molecular weight excluding hydrogens is 378 g/mol. The lowest BCUT2D eigenvalue weighted by Crippen LogP contribution is -2.56. The van der Waals surface area contributed by atoms with E-state index in [9.17, 15) is 19.2 Å². The molecule has 4 atom stereocenters. The topological polar surface area (TPSA) is 105 Å². The van der Waals surface area contributed by atoms with Gasteiger partial charge in [-0.2, -0.15) is 0 Å². The number of aldehydes is 1. The van der Waals surface area contributed by atoms with Gasteiger partial charge in [0.25, 0.3) is 0 Å². The summed E-state index contributed by atoms with van der Waals surface area (Å²) in [5, 5.41) is 2.72. The Bertz CT molecular complexity index is 672. The summed E-state index contributed by atoms with van der Waals surface area (Å²) in [5.74, 6) is -0.813. The predicted octanol–water partition coefficient (Wildman–Crippen LogP) is 1.30. The average Bonchev–Trinajstić information content (AvgIpc) is 2.77. The van der Waals surface area contributed by atoms with E-state index >= 15 is 0 Å². The summed E-state index contributed by atoms with van der Waals surface area (Å²) in [4.78, 5) is 52.3. The van der Waals surface area contributed by atoms with Crippen LogP contribution < -0.4 is 5.32 Å². The van der Waals surface area contributed by atoms with Crippen LogP contribution in [0, 0.1) is 5.41 Å². The summed E-state index contributed by atoms with van der Waals surface area (Å²) < 4.78 is 11.1. The van der Waals surface area contributed by atoms with Crippen molar-refractivity contribution in [2.45, 2.75) is 84.3 Å². The van der Waals surface area contributed by atoms with E-state index in [2.05, 4.69) is 5.32 Å². The molecule has 3 amide bonds. The van der Waals surface area contributed by atoms with Gasteiger partial charge in [-0.1, -0.05) is 13.8 Å². The van der Waals surface area contributed by atoms with Crippen LogP contribution in [0.2, 0.25) is 0 Å². The van der Waals surface area contributed by atoms with Crippen molar-refractivity contribution >= 4 is 24.2 Å². The number of hydrogen-bond donors (Lipinski definition) is 1. The van der Waals surface area contributed by atoms with Crippen molar-refractivity contribution in [3.8, 4) is 0 Å². The van der Waals surface area contributed by atoms with E-state index in [1.54, 1.807) is 27.7 Å². The van der Waals surface area contributed by atoms with E-state index < -0.39 is 47.4 Å². The Kier molecular flexibility index (Phi) is 6.61. The fraction of sp³-hybridized carbons (Fsp3) is 0.800. The number of ether oxygens (including phenoxy) is 2. The molecule has 9 nitrogen and oxygen atoms in total. The van der Waals surface area contributed by atoms with Crippen molar-refractivity contribution in [2.24, 2.45) is 5.41 Å². The summed E-state index contributed by atoms with van der Waals surface area (Å²) in [7, 11) is 1.47. The molecule has 1 N–H and O–H groups in total. The Morgan fingerprint density at radius 1 is 1.38 bits per heavy atom. The smallest absolute Gasteiger partial charge is 0.410 e. The number of likely N-dealkylation sites (N-methyl/N-ethyl adjacent to an activating group) is 1. The lowest BCUT2D eigenvalue weighted by Gasteiger charge is -2.32. The highest BCUT2D eigenvalue weighted by Gasteiger charge is 2.51. The van der Waals surface area contributed by atoms with Gasteiger partial charge in [0.15, 0.2) is 0 Å². The number of hydrogen-bond acceptors (Lipinski definition) is 6. The molecule has 164 valence electrons. The van der Waals surface area contributed by atoms with Gasteiger partial charge in [0, 0.05) is 13.5 Å². The first-order valence-electron chi connectivity index (χ1n) is 9.94. The zero-order chi connectivity index (χ0) is 22.1. The Labute approximate surface area is 172 Å². The quantitative estimate of drug-likeness (QED) is 0.699. The van der Waals surface area contributed by atoms with Crippen LogP contribution in [0.3, 0.4) is 0 Å². The summed E-state index contributed by atoms with van der Waals surface area (Å²) in [6.07, 6.45) is 0.520. The van der Waals surface area contributed by atoms with E-state index in [0.29, 0.717) is 12.8 Å². The van der Waals surface area contributed by atoms with E-state index in [1.165, 1.54) is 16.8 Å². The highest BCUT2D eigenvalue weighted by molar-refractivity contribution is 5.92. The Morgan fingerprint density at radius 2 is 2.00 bits per heavy atom. The Hall–Kier alpha value is -2.16. The molecule has 2 fully saturated rings. The fourth-order valence-corrected chi connectivity index (χ4v) is 3.61. The lowest BCUT2D eigenvalue weighted by atomic mass is 9.85. The molecule has 0 aromatic heterocycles. The summed E-state index contributed by atoms with van der Waals surface area (Å²) in [6.45, 7) is 10.9. The van der Waals surface area contributed by atoms with Gasteiger partial charge < -0.3 is 24.5 Å². The van der Waals surface area contributed by atoms with Gasteiger partial charge in [0.05, 0.1) is 12.6 Å². The minimum Gasteiger partial charge on any atom is -0.444 e. The minimum atomic E-state index is -0.838. The van der Waals surface area contributed by atoms with Gasteiger partial charge in [-0.15, -0.1) is 0 Å². The first-order valence-corrected chi connectivity index (χ1v) is 9.94. The van der Waals surface area contributed by atoms with Crippen molar-refractivity contribution in [3.05, 3.63) is 0 Å². The van der Waals surface area contributed by atoms with Crippen LogP contribution in [0.4, 0.5) is 4.79 Å². The molecule has 0 aromatic rings. The lowest BCUT2D eigenvalue weighted by molar-refractivity contribution is -0.146. The third-order valence-electron chi connectivity index (χ3n) is 5.47. The summed E-state index contributed by atoms with van der Waals surface area (Å²) in [5.41, 5.74) is -1.09. The number of fused-ring (bicyclic) bond motifs is 1. The van der Waals surface area contributed by atoms with Gasteiger partial charge in [0.1, 0.15) is 30.2 Å². The van der Waals surface area contributed by atoms with Crippen molar-refractivity contribution < 1.29 is 28.7 Å². The molecule has 1 unspecified atom stereocenters. The van der Waals surface area contributed by atoms with Gasteiger partial charge in [-0.25, -0.2) is 4.79 Å². The van der Waals surface area contributed by atoms with Crippen LogP contribution in [0.1, 0.15) is 54.4 Å². The molecule has 0 aliphatic carbocycles. The van der Waals surface area contributed by atoms with Crippen LogP contribution in [-0.4, -0.2) is 77.6 Å². The maximum Gasteiger partial charge on any atom is 0.410 e. The normalized spacial score (nSPS) is 27.5. The predicted molar refractivity (Wildman–Crippen MR) is 105 cm³/mol. The van der Waals surface area contributed by atoms with E-state index in [1.807, 2.05) is 13.8 Å². The number of nitrogens with zero attached hydrogens (tertiary/aromatic N) is 2. The van der Waals surface area contributed by atoms with Gasteiger partial charge >= 0.3 is 6.09 Å². The first kappa shape index (κ1) is 23.1. The molecule has 2 aliphatic heterocycles. The van der Waals surface area contributed by atoms with E-state index in [-0.39, 0.29) is 12.5 Å². The third kappa shape index (κ3) is 5.07. The molecule has 0 aromatic carbocycles. The molecule has 2 heterocycles. The molecule has 29 heavy (non-hydrogen) atoms. The minimum absolute atomic E-state index is 0.287. The molecular formula is C20H33N3O6. The van der Waals surface area contributed by atoms with Crippen molar-refractivity contribution in [2.75, 3.05) is 13.7 Å². The van der Waals surface area contributed by atoms with Crippen LogP contribution in [0.25, 0.3) is 0 Å². The second-order valence-corrected chi connectivity index (χ2v) is 9.46. The standard InChI is InChI=1S/C20H33N3O6/c1-12(22(7)18(27)29-19(2,3)4)16(25)21-13-8-9-28-15-10-20(5,6)14(11-24)23(15)17(13)26/h11-15H,8-10H2,1-7H3,(H,21,25)/t12-,13?,14+,15-/m0/s1. The van der Waals surface area contributed by atoms with Crippen molar-refractivity contribution in [3.63, 3.8) is 0 Å². The largest absolute Gasteiger partial charge is 0.444 e. The highest BCUT2D eigenvalue weighted by atomic mass is 16.6. The second-order valence-electron chi connectivity index (χ2n) is 9.46. The third-order valence-corrected chi connectivity index (χ3v) is 5.47. The zero-order valence-corrected chi connectivity index (χ0v) is 18.4. The molecule has 9 heteroatoms. The maximum atomic E-state index is 13.1. The van der Waals surface area contributed by atoms with Crippen LogP contribution in [-0.2, 0) is 23.9 Å². The van der Waals surface area contributed by atoms with E-state index in [4.69, 9.17) is 9.47 Å². The summed E-state index contributed by atoms with van der Waals surface area (Å²) in [6, 6.07) is -2.27. The zero-order valence-electron chi connectivity index (χ0n) is 18.4. The number of nitrogens with one attached hydrogen (secondary N) is 1. The highest BCUT2D eigenvalue weighted by Crippen LogP contribution is 2.41. The monoisotopic (exact) mass is 411 g/mol. The number of carbonyl (C=O) groups is 4. The number of amides is 3. The number of rotatable bonds is 4.